The number of rotatable bonds is 5. The van der Waals surface area contributed by atoms with Gasteiger partial charge in [-0.1, -0.05) is 0 Å². The Labute approximate surface area is 116 Å². The molecular formula is C12H20N4O4. The van der Waals surface area contributed by atoms with E-state index in [1.807, 2.05) is 6.92 Å². The molecule has 1 aliphatic rings. The highest BCUT2D eigenvalue weighted by Gasteiger charge is 2.30. The van der Waals surface area contributed by atoms with Crippen LogP contribution in [0.25, 0.3) is 0 Å². The Morgan fingerprint density at radius 2 is 2.15 bits per heavy atom. The van der Waals surface area contributed by atoms with Crippen LogP contribution in [-0.4, -0.2) is 47.3 Å². The van der Waals surface area contributed by atoms with Crippen molar-refractivity contribution in [1.29, 1.82) is 0 Å². The fourth-order valence-corrected chi connectivity index (χ4v) is 2.31. The first-order valence-electron chi connectivity index (χ1n) is 6.47. The molecule has 0 radical (unpaired) electrons. The number of aliphatic hydroxyl groups excluding tert-OH is 1. The van der Waals surface area contributed by atoms with E-state index in [1.165, 1.54) is 11.7 Å². The van der Waals surface area contributed by atoms with Gasteiger partial charge in [0, 0.05) is 14.2 Å². The third-order valence-corrected chi connectivity index (χ3v) is 3.54. The predicted molar refractivity (Wildman–Crippen MR) is 75.3 cm³/mol. The average Bonchev–Trinajstić information content (AvgIpc) is 2.89. The summed E-state index contributed by atoms with van der Waals surface area (Å²) in [6.45, 7) is 2.64. The molecule has 0 aliphatic carbocycles. The SMILES string of the molecule is COCCn1c(=O)c2c(n(C)c1=O)NCN2[C@@H](C)CO. The maximum atomic E-state index is 12.5. The van der Waals surface area contributed by atoms with Crippen LogP contribution >= 0.6 is 0 Å². The number of fused-ring (bicyclic) bond motifs is 1. The molecule has 2 rings (SSSR count). The van der Waals surface area contributed by atoms with Crippen LogP contribution in [0.2, 0.25) is 0 Å². The molecule has 1 aliphatic heterocycles. The van der Waals surface area contributed by atoms with E-state index in [2.05, 4.69) is 5.32 Å². The van der Waals surface area contributed by atoms with Crippen molar-refractivity contribution in [3.8, 4) is 0 Å². The lowest BCUT2D eigenvalue weighted by Crippen LogP contribution is -2.44. The van der Waals surface area contributed by atoms with E-state index in [1.54, 1.807) is 11.9 Å². The summed E-state index contributed by atoms with van der Waals surface area (Å²) < 4.78 is 7.51. The van der Waals surface area contributed by atoms with Gasteiger partial charge in [0.05, 0.1) is 32.5 Å². The summed E-state index contributed by atoms with van der Waals surface area (Å²) in [6, 6.07) is -0.204. The molecule has 112 valence electrons. The fourth-order valence-electron chi connectivity index (χ4n) is 2.31. The Balaban J connectivity index is 2.58. The molecule has 0 saturated heterocycles. The molecule has 1 atom stereocenters. The van der Waals surface area contributed by atoms with Crippen LogP contribution in [0.1, 0.15) is 6.92 Å². The molecule has 1 aromatic rings. The van der Waals surface area contributed by atoms with Gasteiger partial charge in [-0.25, -0.2) is 4.79 Å². The Morgan fingerprint density at radius 3 is 2.75 bits per heavy atom. The van der Waals surface area contributed by atoms with Crippen LogP contribution in [0.4, 0.5) is 11.5 Å². The predicted octanol–water partition coefficient (Wildman–Crippen LogP) is -1.24. The van der Waals surface area contributed by atoms with Crippen molar-refractivity contribution in [3.63, 3.8) is 0 Å². The highest BCUT2D eigenvalue weighted by Crippen LogP contribution is 2.27. The summed E-state index contributed by atoms with van der Waals surface area (Å²) in [5, 5.41) is 12.3. The molecule has 0 aromatic carbocycles. The van der Waals surface area contributed by atoms with E-state index >= 15 is 0 Å². The second kappa shape index (κ2) is 5.68. The minimum absolute atomic E-state index is 0.0680. The fraction of sp³-hybridized carbons (Fsp3) is 0.667. The molecule has 8 nitrogen and oxygen atoms in total. The highest BCUT2D eigenvalue weighted by atomic mass is 16.5. The van der Waals surface area contributed by atoms with E-state index in [0.29, 0.717) is 18.2 Å². The van der Waals surface area contributed by atoms with Gasteiger partial charge in [0.25, 0.3) is 5.56 Å². The number of anilines is 2. The van der Waals surface area contributed by atoms with E-state index in [0.717, 1.165) is 4.57 Å². The topological polar surface area (TPSA) is 88.7 Å². The summed E-state index contributed by atoms with van der Waals surface area (Å²) in [5.74, 6) is 0.494. The van der Waals surface area contributed by atoms with Crippen molar-refractivity contribution in [1.82, 2.24) is 9.13 Å². The van der Waals surface area contributed by atoms with Crippen molar-refractivity contribution in [2.24, 2.45) is 7.05 Å². The first-order valence-corrected chi connectivity index (χ1v) is 6.47. The maximum absolute atomic E-state index is 12.5. The Hall–Kier alpha value is -1.80. The Morgan fingerprint density at radius 1 is 1.45 bits per heavy atom. The van der Waals surface area contributed by atoms with Crippen molar-refractivity contribution in [2.45, 2.75) is 19.5 Å². The van der Waals surface area contributed by atoms with E-state index in [9.17, 15) is 14.7 Å². The van der Waals surface area contributed by atoms with Gasteiger partial charge in [0.1, 0.15) is 11.5 Å². The van der Waals surface area contributed by atoms with Gasteiger partial charge in [0.15, 0.2) is 0 Å². The molecule has 0 bridgehead atoms. The van der Waals surface area contributed by atoms with E-state index in [-0.39, 0.29) is 37.0 Å². The number of nitrogens with one attached hydrogen (secondary N) is 1. The number of ether oxygens (including phenoxy) is 1. The standard InChI is InChI=1S/C12H20N4O4/c1-8(6-17)16-7-13-10-9(16)11(18)15(4-5-20-3)12(19)14(10)2/h8,13,17H,4-7H2,1-3H3/t8-/m0/s1. The molecule has 1 aromatic heterocycles. The second-order valence-corrected chi connectivity index (χ2v) is 4.82. The van der Waals surface area contributed by atoms with Crippen molar-refractivity contribution in [3.05, 3.63) is 20.8 Å². The number of methoxy groups -OCH3 is 1. The largest absolute Gasteiger partial charge is 0.394 e. The van der Waals surface area contributed by atoms with E-state index in [4.69, 9.17) is 4.74 Å². The van der Waals surface area contributed by atoms with Crippen LogP contribution in [0.3, 0.4) is 0 Å². The van der Waals surface area contributed by atoms with Gasteiger partial charge in [-0.15, -0.1) is 0 Å². The molecule has 0 saturated carbocycles. The number of aromatic nitrogens is 2. The van der Waals surface area contributed by atoms with Gasteiger partial charge in [-0.2, -0.15) is 0 Å². The first-order chi connectivity index (χ1) is 9.52. The molecule has 2 heterocycles. The molecule has 0 fully saturated rings. The monoisotopic (exact) mass is 284 g/mol. The third-order valence-electron chi connectivity index (χ3n) is 3.54. The minimum atomic E-state index is -0.378. The van der Waals surface area contributed by atoms with Crippen molar-refractivity contribution in [2.75, 3.05) is 37.2 Å². The summed E-state index contributed by atoms with van der Waals surface area (Å²) in [5.41, 5.74) is -0.313. The summed E-state index contributed by atoms with van der Waals surface area (Å²) >= 11 is 0. The average molecular weight is 284 g/mol. The Bertz CT molecular complexity index is 607. The highest BCUT2D eigenvalue weighted by molar-refractivity contribution is 5.70. The summed E-state index contributed by atoms with van der Waals surface area (Å²) in [7, 11) is 3.13. The van der Waals surface area contributed by atoms with Gasteiger partial charge in [-0.05, 0) is 6.92 Å². The molecule has 0 spiro atoms. The molecule has 0 unspecified atom stereocenters. The first kappa shape index (κ1) is 14.6. The second-order valence-electron chi connectivity index (χ2n) is 4.82. The molecule has 0 amide bonds. The number of hydrogen-bond donors (Lipinski definition) is 2. The van der Waals surface area contributed by atoms with Crippen LogP contribution in [0.5, 0.6) is 0 Å². The van der Waals surface area contributed by atoms with Crippen LogP contribution in [0.15, 0.2) is 9.59 Å². The molecule has 20 heavy (non-hydrogen) atoms. The summed E-state index contributed by atoms with van der Waals surface area (Å²) in [4.78, 5) is 26.4. The quantitative estimate of drug-likeness (QED) is 0.703. The van der Waals surface area contributed by atoms with E-state index < -0.39 is 0 Å². The molecular weight excluding hydrogens is 264 g/mol. The Kier molecular flexibility index (Phi) is 4.15. The van der Waals surface area contributed by atoms with Gasteiger partial charge < -0.3 is 20.1 Å². The van der Waals surface area contributed by atoms with Gasteiger partial charge >= 0.3 is 5.69 Å². The zero-order valence-electron chi connectivity index (χ0n) is 11.9. The third kappa shape index (κ3) is 2.20. The minimum Gasteiger partial charge on any atom is -0.394 e. The zero-order chi connectivity index (χ0) is 14.9. The number of nitrogens with zero attached hydrogens (tertiary/aromatic N) is 3. The van der Waals surface area contributed by atoms with Crippen LogP contribution in [0, 0.1) is 0 Å². The maximum Gasteiger partial charge on any atom is 0.332 e. The lowest BCUT2D eigenvalue weighted by Gasteiger charge is -2.23. The van der Waals surface area contributed by atoms with Gasteiger partial charge in [-0.3, -0.25) is 13.9 Å². The van der Waals surface area contributed by atoms with Crippen molar-refractivity contribution < 1.29 is 9.84 Å². The lowest BCUT2D eigenvalue weighted by molar-refractivity contribution is 0.184. The number of aliphatic hydroxyl groups is 1. The zero-order valence-corrected chi connectivity index (χ0v) is 11.9. The smallest absolute Gasteiger partial charge is 0.332 e. The summed E-state index contributed by atoms with van der Waals surface area (Å²) in [6.07, 6.45) is 0. The molecule has 2 N–H and O–H groups in total. The molecule has 8 heteroatoms. The van der Waals surface area contributed by atoms with Crippen LogP contribution in [-0.2, 0) is 18.3 Å². The van der Waals surface area contributed by atoms with Gasteiger partial charge in [0.2, 0.25) is 0 Å². The lowest BCUT2D eigenvalue weighted by atomic mass is 10.3. The number of hydrogen-bond acceptors (Lipinski definition) is 6. The van der Waals surface area contributed by atoms with Crippen LogP contribution < -0.4 is 21.5 Å². The van der Waals surface area contributed by atoms with Crippen molar-refractivity contribution >= 4 is 11.5 Å². The normalized spacial score (nSPS) is 15.1.